The van der Waals surface area contributed by atoms with Crippen molar-refractivity contribution in [3.63, 3.8) is 0 Å². The third-order valence-corrected chi connectivity index (χ3v) is 3.08. The van der Waals surface area contributed by atoms with Crippen LogP contribution in [0.15, 0.2) is 22.6 Å². The number of carbonyl (C=O) groups excluding carboxylic acids is 1. The van der Waals surface area contributed by atoms with E-state index in [0.29, 0.717) is 24.7 Å². The van der Waals surface area contributed by atoms with Crippen molar-refractivity contribution in [1.29, 1.82) is 0 Å². The van der Waals surface area contributed by atoms with Gasteiger partial charge in [0.1, 0.15) is 5.52 Å². The third kappa shape index (κ3) is 4.29. The van der Waals surface area contributed by atoms with Gasteiger partial charge in [-0.1, -0.05) is 20.8 Å². The number of hydrogen-bond acceptors (Lipinski definition) is 5. The number of amides is 1. The molecule has 0 aliphatic heterocycles. The van der Waals surface area contributed by atoms with E-state index in [-0.39, 0.29) is 17.9 Å². The van der Waals surface area contributed by atoms with Gasteiger partial charge in [-0.15, -0.1) is 0 Å². The summed E-state index contributed by atoms with van der Waals surface area (Å²) in [5.41, 5.74) is 2.03. The highest BCUT2D eigenvalue weighted by atomic mass is 16.5. The minimum absolute atomic E-state index is 0.102. The summed E-state index contributed by atoms with van der Waals surface area (Å²) in [5, 5.41) is 5.83. The van der Waals surface area contributed by atoms with E-state index in [2.05, 4.69) is 15.6 Å². The molecule has 2 aromatic rings. The van der Waals surface area contributed by atoms with Crippen LogP contribution in [0.2, 0.25) is 0 Å². The van der Waals surface area contributed by atoms with E-state index in [9.17, 15) is 4.79 Å². The molecule has 6 heteroatoms. The summed E-state index contributed by atoms with van der Waals surface area (Å²) in [5.74, 6) is 0.585. The molecule has 2 rings (SSSR count). The topological polar surface area (TPSA) is 76.4 Å². The van der Waals surface area contributed by atoms with E-state index in [0.717, 1.165) is 11.1 Å². The first kappa shape index (κ1) is 16.5. The Hall–Kier alpha value is -1.92. The zero-order valence-corrected chi connectivity index (χ0v) is 13.5. The quantitative estimate of drug-likeness (QED) is 0.801. The number of nitrogens with one attached hydrogen (secondary N) is 2. The number of benzene rings is 1. The summed E-state index contributed by atoms with van der Waals surface area (Å²) in [7, 11) is 1.63. The number of carbonyl (C=O) groups is 1. The number of anilines is 1. The predicted octanol–water partition coefficient (Wildman–Crippen LogP) is 2.30. The molecule has 0 atom stereocenters. The van der Waals surface area contributed by atoms with Crippen LogP contribution in [0.4, 0.5) is 5.69 Å². The van der Waals surface area contributed by atoms with E-state index in [4.69, 9.17) is 9.15 Å². The van der Waals surface area contributed by atoms with E-state index in [1.165, 1.54) is 0 Å². The summed E-state index contributed by atoms with van der Waals surface area (Å²) in [4.78, 5) is 16.3. The van der Waals surface area contributed by atoms with Crippen LogP contribution in [0.1, 0.15) is 26.7 Å². The average molecular weight is 305 g/mol. The van der Waals surface area contributed by atoms with E-state index in [1.807, 2.05) is 39.0 Å². The van der Waals surface area contributed by atoms with Crippen LogP contribution >= 0.6 is 0 Å². The molecule has 1 heterocycles. The molecule has 1 aromatic heterocycles. The fourth-order valence-corrected chi connectivity index (χ4v) is 1.91. The monoisotopic (exact) mass is 305 g/mol. The maximum atomic E-state index is 11.8. The Balaban J connectivity index is 2.02. The van der Waals surface area contributed by atoms with Crippen molar-refractivity contribution in [2.45, 2.75) is 26.2 Å². The number of oxazole rings is 1. The molecule has 0 fully saturated rings. The number of rotatable bonds is 6. The number of methoxy groups -OCH3 is 1. The molecule has 0 saturated heterocycles. The molecular weight excluding hydrogens is 282 g/mol. The third-order valence-electron chi connectivity index (χ3n) is 3.08. The van der Waals surface area contributed by atoms with Crippen LogP contribution < -0.4 is 10.6 Å². The van der Waals surface area contributed by atoms with Gasteiger partial charge in [-0.2, -0.15) is 0 Å². The van der Waals surface area contributed by atoms with Gasteiger partial charge >= 0.3 is 0 Å². The molecule has 120 valence electrons. The lowest BCUT2D eigenvalue weighted by Crippen LogP contribution is -2.30. The molecule has 0 aliphatic rings. The molecule has 2 N–H and O–H groups in total. The van der Waals surface area contributed by atoms with Crippen LogP contribution in [0, 0.1) is 0 Å². The van der Waals surface area contributed by atoms with E-state index < -0.39 is 0 Å². The fraction of sp³-hybridized carbons (Fsp3) is 0.500. The van der Waals surface area contributed by atoms with Gasteiger partial charge in [-0.3, -0.25) is 4.79 Å². The second kappa shape index (κ2) is 6.89. The van der Waals surface area contributed by atoms with Crippen molar-refractivity contribution in [2.24, 2.45) is 0 Å². The average Bonchev–Trinajstić information content (AvgIpc) is 2.87. The first-order chi connectivity index (χ1) is 10.4. The van der Waals surface area contributed by atoms with E-state index in [1.54, 1.807) is 7.11 Å². The van der Waals surface area contributed by atoms with Crippen molar-refractivity contribution in [2.75, 3.05) is 32.1 Å². The number of hydrogen-bond donors (Lipinski definition) is 2. The normalized spacial score (nSPS) is 11.8. The standard InChI is InChI=1S/C16H23N3O3/c1-16(2,3)15-19-12-9-11(5-6-13(12)22-15)18-14(20)10-17-7-8-21-4/h5-6,9,17H,7-8,10H2,1-4H3,(H,18,20). The SMILES string of the molecule is COCCNCC(=O)Nc1ccc2oc(C(C)(C)C)nc2c1. The predicted molar refractivity (Wildman–Crippen MR) is 86.1 cm³/mol. The summed E-state index contributed by atoms with van der Waals surface area (Å²) in [6.45, 7) is 7.60. The molecule has 0 spiro atoms. The van der Waals surface area contributed by atoms with Gasteiger partial charge in [0.05, 0.1) is 13.2 Å². The lowest BCUT2D eigenvalue weighted by Gasteiger charge is -2.11. The Bertz CT molecular complexity index is 644. The van der Waals surface area contributed by atoms with Gasteiger partial charge in [0.25, 0.3) is 0 Å². The lowest BCUT2D eigenvalue weighted by molar-refractivity contribution is -0.115. The molecule has 22 heavy (non-hydrogen) atoms. The Morgan fingerprint density at radius 3 is 2.82 bits per heavy atom. The second-order valence-electron chi connectivity index (χ2n) is 6.17. The minimum Gasteiger partial charge on any atom is -0.440 e. The molecule has 0 saturated carbocycles. The van der Waals surface area contributed by atoms with Gasteiger partial charge < -0.3 is 19.8 Å². The zero-order valence-electron chi connectivity index (χ0n) is 13.5. The number of nitrogens with zero attached hydrogens (tertiary/aromatic N) is 1. The Kier molecular flexibility index (Phi) is 5.15. The first-order valence-corrected chi connectivity index (χ1v) is 7.31. The van der Waals surface area contributed by atoms with Crippen LogP contribution in [0.25, 0.3) is 11.1 Å². The summed E-state index contributed by atoms with van der Waals surface area (Å²) >= 11 is 0. The van der Waals surface area contributed by atoms with Crippen LogP contribution in [-0.4, -0.2) is 37.7 Å². The highest BCUT2D eigenvalue weighted by Crippen LogP contribution is 2.27. The largest absolute Gasteiger partial charge is 0.440 e. The summed E-state index contributed by atoms with van der Waals surface area (Å²) in [6, 6.07) is 5.46. The highest BCUT2D eigenvalue weighted by molar-refractivity contribution is 5.94. The second-order valence-corrected chi connectivity index (χ2v) is 6.17. The van der Waals surface area contributed by atoms with Gasteiger partial charge in [-0.05, 0) is 18.2 Å². The molecule has 1 amide bonds. The molecule has 0 unspecified atom stereocenters. The van der Waals surface area contributed by atoms with Crippen molar-refractivity contribution < 1.29 is 13.9 Å². The lowest BCUT2D eigenvalue weighted by atomic mass is 9.97. The molecule has 6 nitrogen and oxygen atoms in total. The molecule has 0 aliphatic carbocycles. The minimum atomic E-state index is -0.145. The van der Waals surface area contributed by atoms with Crippen molar-refractivity contribution >= 4 is 22.7 Å². The van der Waals surface area contributed by atoms with Gasteiger partial charge in [0.15, 0.2) is 5.58 Å². The first-order valence-electron chi connectivity index (χ1n) is 7.31. The molecule has 0 radical (unpaired) electrons. The van der Waals surface area contributed by atoms with Gasteiger partial charge in [0, 0.05) is 24.8 Å². The van der Waals surface area contributed by atoms with Gasteiger partial charge in [0.2, 0.25) is 11.8 Å². The maximum Gasteiger partial charge on any atom is 0.238 e. The number of fused-ring (bicyclic) bond motifs is 1. The number of aromatic nitrogens is 1. The molecule has 0 bridgehead atoms. The zero-order chi connectivity index (χ0) is 16.2. The fourth-order valence-electron chi connectivity index (χ4n) is 1.91. The molecule has 1 aromatic carbocycles. The van der Waals surface area contributed by atoms with Crippen LogP contribution in [-0.2, 0) is 14.9 Å². The van der Waals surface area contributed by atoms with Gasteiger partial charge in [-0.25, -0.2) is 4.98 Å². The maximum absolute atomic E-state index is 11.8. The highest BCUT2D eigenvalue weighted by Gasteiger charge is 2.21. The van der Waals surface area contributed by atoms with Crippen molar-refractivity contribution in [1.82, 2.24) is 10.3 Å². The summed E-state index contributed by atoms with van der Waals surface area (Å²) < 4.78 is 10.6. The van der Waals surface area contributed by atoms with Crippen LogP contribution in [0.5, 0.6) is 0 Å². The summed E-state index contributed by atoms with van der Waals surface area (Å²) in [6.07, 6.45) is 0. The van der Waals surface area contributed by atoms with Crippen LogP contribution in [0.3, 0.4) is 0 Å². The van der Waals surface area contributed by atoms with Crippen molar-refractivity contribution in [3.8, 4) is 0 Å². The molecular formula is C16H23N3O3. The Labute approximate surface area is 130 Å². The van der Waals surface area contributed by atoms with Crippen molar-refractivity contribution in [3.05, 3.63) is 24.1 Å². The van der Waals surface area contributed by atoms with E-state index >= 15 is 0 Å². The smallest absolute Gasteiger partial charge is 0.238 e. The Morgan fingerprint density at radius 1 is 1.36 bits per heavy atom. The number of ether oxygens (including phenoxy) is 1. The Morgan fingerprint density at radius 2 is 2.14 bits per heavy atom.